The Labute approximate surface area is 131 Å². The monoisotopic (exact) mass is 304 g/mol. The van der Waals surface area contributed by atoms with E-state index in [-0.39, 0.29) is 12.6 Å². The first-order valence-electron chi connectivity index (χ1n) is 7.66. The molecule has 5 heteroatoms. The average molecular weight is 304 g/mol. The fourth-order valence-corrected chi connectivity index (χ4v) is 2.47. The topological polar surface area (TPSA) is 70.6 Å². The number of carbonyl (C=O) groups is 1. The molecule has 1 aliphatic rings. The van der Waals surface area contributed by atoms with E-state index < -0.39 is 5.60 Å². The standard InChI is InChI=1S/C17H24N2O3/c1-22-15-7-5-14(6-8-15)9-12-18-16(20)19-13-17(21)10-3-2-4-11-17/h3,5-8,10,21H,2,4,9,11-13H2,1H3,(H2,18,19,20)/t17-/m1/s1. The number of benzene rings is 1. The lowest BCUT2D eigenvalue weighted by Gasteiger charge is -2.27. The highest BCUT2D eigenvalue weighted by molar-refractivity contribution is 5.73. The molecule has 0 saturated carbocycles. The van der Waals surface area contributed by atoms with Crippen molar-refractivity contribution in [2.24, 2.45) is 0 Å². The highest BCUT2D eigenvalue weighted by atomic mass is 16.5. The van der Waals surface area contributed by atoms with Crippen molar-refractivity contribution in [1.82, 2.24) is 10.6 Å². The molecule has 1 aromatic rings. The molecule has 5 nitrogen and oxygen atoms in total. The quantitative estimate of drug-likeness (QED) is 0.704. The van der Waals surface area contributed by atoms with E-state index in [4.69, 9.17) is 4.74 Å². The maximum atomic E-state index is 11.7. The summed E-state index contributed by atoms with van der Waals surface area (Å²) in [5, 5.41) is 15.8. The van der Waals surface area contributed by atoms with Gasteiger partial charge < -0.3 is 20.5 Å². The minimum absolute atomic E-state index is 0.248. The summed E-state index contributed by atoms with van der Waals surface area (Å²) in [5.41, 5.74) is 0.237. The van der Waals surface area contributed by atoms with E-state index in [1.54, 1.807) is 13.2 Å². The summed E-state index contributed by atoms with van der Waals surface area (Å²) in [6.07, 6.45) is 7.14. The molecule has 120 valence electrons. The zero-order valence-corrected chi connectivity index (χ0v) is 13.0. The normalized spacial score (nSPS) is 20.5. The molecule has 0 aromatic heterocycles. The summed E-state index contributed by atoms with van der Waals surface area (Å²) in [6, 6.07) is 7.52. The largest absolute Gasteiger partial charge is 0.497 e. The van der Waals surface area contributed by atoms with Gasteiger partial charge in [-0.1, -0.05) is 24.3 Å². The van der Waals surface area contributed by atoms with Gasteiger partial charge in [0.2, 0.25) is 0 Å². The Hall–Kier alpha value is -2.01. The molecule has 0 fully saturated rings. The Balaban J connectivity index is 1.67. The molecule has 0 bridgehead atoms. The number of urea groups is 1. The predicted octanol–water partition coefficient (Wildman–Crippen LogP) is 2.01. The Morgan fingerprint density at radius 3 is 2.73 bits per heavy atom. The second-order valence-electron chi connectivity index (χ2n) is 5.61. The number of hydrogen-bond donors (Lipinski definition) is 3. The maximum absolute atomic E-state index is 11.7. The molecule has 0 heterocycles. The third-order valence-electron chi connectivity index (χ3n) is 3.82. The smallest absolute Gasteiger partial charge is 0.314 e. The number of allylic oxidation sites excluding steroid dienone is 1. The van der Waals surface area contributed by atoms with E-state index in [0.717, 1.165) is 30.6 Å². The van der Waals surface area contributed by atoms with Gasteiger partial charge in [0.15, 0.2) is 0 Å². The lowest BCUT2D eigenvalue weighted by molar-refractivity contribution is 0.0762. The molecule has 1 aliphatic carbocycles. The minimum Gasteiger partial charge on any atom is -0.497 e. The van der Waals surface area contributed by atoms with E-state index in [9.17, 15) is 9.90 Å². The lowest BCUT2D eigenvalue weighted by atomic mass is 9.91. The van der Waals surface area contributed by atoms with Crippen molar-refractivity contribution in [3.05, 3.63) is 42.0 Å². The fraction of sp³-hybridized carbons (Fsp3) is 0.471. The number of aliphatic hydroxyl groups is 1. The number of ether oxygens (including phenoxy) is 1. The van der Waals surface area contributed by atoms with Crippen LogP contribution in [0.3, 0.4) is 0 Å². The van der Waals surface area contributed by atoms with E-state index in [1.807, 2.05) is 30.3 Å². The molecule has 2 rings (SSSR count). The van der Waals surface area contributed by atoms with Gasteiger partial charge in [0.05, 0.1) is 13.7 Å². The lowest BCUT2D eigenvalue weighted by Crippen LogP contribution is -2.46. The van der Waals surface area contributed by atoms with Crippen LogP contribution in [0.2, 0.25) is 0 Å². The van der Waals surface area contributed by atoms with E-state index >= 15 is 0 Å². The number of rotatable bonds is 6. The highest BCUT2D eigenvalue weighted by Crippen LogP contribution is 2.20. The fourth-order valence-electron chi connectivity index (χ4n) is 2.47. The SMILES string of the molecule is COc1ccc(CCNC(=O)NC[C@@]2(O)C=CCCC2)cc1. The second kappa shape index (κ2) is 7.84. The predicted molar refractivity (Wildman–Crippen MR) is 86.0 cm³/mol. The van der Waals surface area contributed by atoms with Gasteiger partial charge >= 0.3 is 6.03 Å². The van der Waals surface area contributed by atoms with Crippen LogP contribution in [-0.2, 0) is 6.42 Å². The molecule has 0 saturated heterocycles. The second-order valence-corrected chi connectivity index (χ2v) is 5.61. The molecule has 1 atom stereocenters. The van der Waals surface area contributed by atoms with Crippen LogP contribution >= 0.6 is 0 Å². The van der Waals surface area contributed by atoms with Gasteiger partial charge in [0.1, 0.15) is 11.4 Å². The molecule has 0 unspecified atom stereocenters. The third kappa shape index (κ3) is 5.07. The molecular weight excluding hydrogens is 280 g/mol. The maximum Gasteiger partial charge on any atom is 0.314 e. The van der Waals surface area contributed by atoms with Crippen molar-refractivity contribution in [1.29, 1.82) is 0 Å². The van der Waals surface area contributed by atoms with Crippen LogP contribution in [0.25, 0.3) is 0 Å². The molecular formula is C17H24N2O3. The number of nitrogens with one attached hydrogen (secondary N) is 2. The van der Waals surface area contributed by atoms with Crippen LogP contribution in [-0.4, -0.2) is 36.9 Å². The van der Waals surface area contributed by atoms with Crippen LogP contribution in [0.4, 0.5) is 4.79 Å². The number of carbonyl (C=O) groups excluding carboxylic acids is 1. The Morgan fingerprint density at radius 2 is 2.09 bits per heavy atom. The Morgan fingerprint density at radius 1 is 1.32 bits per heavy atom. The van der Waals surface area contributed by atoms with Crippen molar-refractivity contribution in [3.8, 4) is 5.75 Å². The van der Waals surface area contributed by atoms with Crippen molar-refractivity contribution in [3.63, 3.8) is 0 Å². The van der Waals surface area contributed by atoms with Crippen molar-refractivity contribution >= 4 is 6.03 Å². The van der Waals surface area contributed by atoms with Gasteiger partial charge in [-0.25, -0.2) is 4.79 Å². The van der Waals surface area contributed by atoms with Gasteiger partial charge in [-0.15, -0.1) is 0 Å². The molecule has 0 radical (unpaired) electrons. The first kappa shape index (κ1) is 16.4. The molecule has 0 aliphatic heterocycles. The van der Waals surface area contributed by atoms with E-state index in [2.05, 4.69) is 10.6 Å². The molecule has 1 aromatic carbocycles. The first-order chi connectivity index (χ1) is 10.6. The first-order valence-corrected chi connectivity index (χ1v) is 7.66. The summed E-state index contributed by atoms with van der Waals surface area (Å²) < 4.78 is 5.10. The van der Waals surface area contributed by atoms with Crippen molar-refractivity contribution < 1.29 is 14.6 Å². The van der Waals surface area contributed by atoms with Crippen LogP contribution < -0.4 is 15.4 Å². The number of hydrogen-bond acceptors (Lipinski definition) is 3. The van der Waals surface area contributed by atoms with Crippen molar-refractivity contribution in [2.45, 2.75) is 31.3 Å². The minimum atomic E-state index is -0.897. The van der Waals surface area contributed by atoms with Crippen molar-refractivity contribution in [2.75, 3.05) is 20.2 Å². The summed E-state index contributed by atoms with van der Waals surface area (Å²) in [5.74, 6) is 0.822. The molecule has 2 amide bonds. The number of methoxy groups -OCH3 is 1. The summed E-state index contributed by atoms with van der Waals surface area (Å²) >= 11 is 0. The van der Waals surface area contributed by atoms with Crippen LogP contribution in [0.15, 0.2) is 36.4 Å². The molecule has 22 heavy (non-hydrogen) atoms. The third-order valence-corrected chi connectivity index (χ3v) is 3.82. The van der Waals surface area contributed by atoms with Gasteiger partial charge in [-0.3, -0.25) is 0 Å². The Kier molecular flexibility index (Phi) is 5.83. The van der Waals surface area contributed by atoms with E-state index in [0.29, 0.717) is 13.0 Å². The Bertz CT molecular complexity index is 513. The van der Waals surface area contributed by atoms with Gasteiger partial charge in [-0.05, 0) is 43.4 Å². The zero-order valence-electron chi connectivity index (χ0n) is 13.0. The van der Waals surface area contributed by atoms with Gasteiger partial charge in [0, 0.05) is 6.54 Å². The average Bonchev–Trinajstić information content (AvgIpc) is 2.54. The summed E-state index contributed by atoms with van der Waals surface area (Å²) in [6.45, 7) is 0.796. The molecule has 0 spiro atoms. The molecule has 3 N–H and O–H groups in total. The van der Waals surface area contributed by atoms with Gasteiger partial charge in [0.25, 0.3) is 0 Å². The van der Waals surface area contributed by atoms with Crippen LogP contribution in [0, 0.1) is 0 Å². The van der Waals surface area contributed by atoms with Crippen LogP contribution in [0.5, 0.6) is 5.75 Å². The van der Waals surface area contributed by atoms with E-state index in [1.165, 1.54) is 0 Å². The highest BCUT2D eigenvalue weighted by Gasteiger charge is 2.25. The van der Waals surface area contributed by atoms with Crippen LogP contribution in [0.1, 0.15) is 24.8 Å². The van der Waals surface area contributed by atoms with Gasteiger partial charge in [-0.2, -0.15) is 0 Å². The number of amides is 2. The zero-order chi connectivity index (χ0) is 15.8. The summed E-state index contributed by atoms with van der Waals surface area (Å²) in [4.78, 5) is 11.7. The summed E-state index contributed by atoms with van der Waals surface area (Å²) in [7, 11) is 1.64.